The summed E-state index contributed by atoms with van der Waals surface area (Å²) in [6, 6.07) is 6.86. The maximum atomic E-state index is 12.2. The summed E-state index contributed by atoms with van der Waals surface area (Å²) in [5.41, 5.74) is 0.431. The van der Waals surface area contributed by atoms with Crippen molar-refractivity contribution in [1.82, 2.24) is 5.32 Å². The van der Waals surface area contributed by atoms with Gasteiger partial charge in [-0.25, -0.2) is 0 Å². The second-order valence-electron chi connectivity index (χ2n) is 5.34. The van der Waals surface area contributed by atoms with Crippen LogP contribution in [0.4, 0.5) is 0 Å². The lowest BCUT2D eigenvalue weighted by Gasteiger charge is -2.26. The average molecular weight is 265 g/mol. The van der Waals surface area contributed by atoms with Gasteiger partial charge >= 0.3 is 0 Å². The number of amides is 1. The number of hydrogen-bond acceptors (Lipinski definition) is 3. The van der Waals surface area contributed by atoms with E-state index >= 15 is 0 Å². The first kappa shape index (κ1) is 15.5. The molecule has 0 aliphatic heterocycles. The SMILES string of the molecule is CC[C@@H](NC(=O)C(C)(C)COC)c1ccc(O)cc1. The first-order chi connectivity index (χ1) is 8.90. The number of benzene rings is 1. The van der Waals surface area contributed by atoms with Gasteiger partial charge in [0.15, 0.2) is 0 Å². The van der Waals surface area contributed by atoms with E-state index in [1.165, 1.54) is 0 Å². The fourth-order valence-corrected chi connectivity index (χ4v) is 1.91. The lowest BCUT2D eigenvalue weighted by Crippen LogP contribution is -2.41. The van der Waals surface area contributed by atoms with E-state index in [-0.39, 0.29) is 17.7 Å². The smallest absolute Gasteiger partial charge is 0.228 e. The minimum Gasteiger partial charge on any atom is -0.508 e. The van der Waals surface area contributed by atoms with Crippen molar-refractivity contribution >= 4 is 5.91 Å². The van der Waals surface area contributed by atoms with Crippen LogP contribution < -0.4 is 5.32 Å². The lowest BCUT2D eigenvalue weighted by atomic mass is 9.92. The Morgan fingerprint density at radius 2 is 1.95 bits per heavy atom. The number of phenols is 1. The van der Waals surface area contributed by atoms with Crippen molar-refractivity contribution in [3.8, 4) is 5.75 Å². The van der Waals surface area contributed by atoms with E-state index in [1.807, 2.05) is 32.9 Å². The number of nitrogens with one attached hydrogen (secondary N) is 1. The van der Waals surface area contributed by atoms with E-state index in [1.54, 1.807) is 19.2 Å². The fourth-order valence-electron chi connectivity index (χ4n) is 1.91. The normalized spacial score (nSPS) is 13.1. The third kappa shape index (κ3) is 4.24. The second-order valence-corrected chi connectivity index (χ2v) is 5.34. The van der Waals surface area contributed by atoms with Gasteiger partial charge in [0.25, 0.3) is 0 Å². The molecule has 0 spiro atoms. The number of carbonyl (C=O) groups is 1. The van der Waals surface area contributed by atoms with Gasteiger partial charge < -0.3 is 15.2 Å². The number of hydrogen-bond donors (Lipinski definition) is 2. The van der Waals surface area contributed by atoms with Crippen molar-refractivity contribution in [1.29, 1.82) is 0 Å². The van der Waals surface area contributed by atoms with E-state index in [0.717, 1.165) is 12.0 Å². The van der Waals surface area contributed by atoms with Crippen molar-refractivity contribution in [2.24, 2.45) is 5.41 Å². The van der Waals surface area contributed by atoms with Crippen molar-refractivity contribution in [2.75, 3.05) is 13.7 Å². The molecular weight excluding hydrogens is 242 g/mol. The van der Waals surface area contributed by atoms with Gasteiger partial charge in [0.2, 0.25) is 5.91 Å². The zero-order valence-corrected chi connectivity index (χ0v) is 12.1. The predicted molar refractivity (Wildman–Crippen MR) is 74.9 cm³/mol. The molecule has 1 amide bonds. The molecule has 1 aromatic carbocycles. The van der Waals surface area contributed by atoms with E-state index < -0.39 is 5.41 Å². The molecule has 0 saturated heterocycles. The summed E-state index contributed by atoms with van der Waals surface area (Å²) < 4.78 is 5.07. The molecule has 0 radical (unpaired) electrons. The van der Waals surface area contributed by atoms with Crippen LogP contribution in [0.1, 0.15) is 38.8 Å². The van der Waals surface area contributed by atoms with Gasteiger partial charge in [-0.2, -0.15) is 0 Å². The Hall–Kier alpha value is -1.55. The predicted octanol–water partition coefficient (Wildman–Crippen LogP) is 2.63. The summed E-state index contributed by atoms with van der Waals surface area (Å²) in [7, 11) is 1.59. The molecule has 19 heavy (non-hydrogen) atoms. The maximum Gasteiger partial charge on any atom is 0.228 e. The molecule has 0 fully saturated rings. The maximum absolute atomic E-state index is 12.2. The number of rotatable bonds is 6. The Morgan fingerprint density at radius 1 is 1.37 bits per heavy atom. The van der Waals surface area contributed by atoms with Gasteiger partial charge in [-0.1, -0.05) is 19.1 Å². The lowest BCUT2D eigenvalue weighted by molar-refractivity contribution is -0.132. The van der Waals surface area contributed by atoms with E-state index in [0.29, 0.717) is 6.61 Å². The summed E-state index contributed by atoms with van der Waals surface area (Å²) in [5.74, 6) is 0.193. The third-order valence-electron chi connectivity index (χ3n) is 3.13. The molecule has 2 N–H and O–H groups in total. The fraction of sp³-hybridized carbons (Fsp3) is 0.533. The molecule has 4 nitrogen and oxygen atoms in total. The summed E-state index contributed by atoms with van der Waals surface area (Å²) in [6.45, 7) is 6.11. The van der Waals surface area contributed by atoms with Crippen LogP contribution in [0.3, 0.4) is 0 Å². The largest absolute Gasteiger partial charge is 0.508 e. The van der Waals surface area contributed by atoms with Crippen LogP contribution in [0.15, 0.2) is 24.3 Å². The zero-order valence-electron chi connectivity index (χ0n) is 12.1. The Kier molecular flexibility index (Phi) is 5.36. The van der Waals surface area contributed by atoms with Gasteiger partial charge in [0.05, 0.1) is 18.1 Å². The Morgan fingerprint density at radius 3 is 2.42 bits per heavy atom. The highest BCUT2D eigenvalue weighted by Gasteiger charge is 2.29. The molecule has 0 aromatic heterocycles. The second kappa shape index (κ2) is 6.57. The standard InChI is InChI=1S/C15H23NO3/c1-5-13(11-6-8-12(17)9-7-11)16-14(18)15(2,3)10-19-4/h6-9,13,17H,5,10H2,1-4H3,(H,16,18)/t13-/m1/s1. The van der Waals surface area contributed by atoms with Crippen LogP contribution in [0, 0.1) is 5.41 Å². The van der Waals surface area contributed by atoms with E-state index in [9.17, 15) is 9.90 Å². The first-order valence-corrected chi connectivity index (χ1v) is 6.49. The van der Waals surface area contributed by atoms with Crippen molar-refractivity contribution < 1.29 is 14.6 Å². The molecule has 0 saturated carbocycles. The van der Waals surface area contributed by atoms with Gasteiger partial charge in [-0.15, -0.1) is 0 Å². The molecule has 0 unspecified atom stereocenters. The summed E-state index contributed by atoms with van der Waals surface area (Å²) in [6.07, 6.45) is 0.791. The van der Waals surface area contributed by atoms with Crippen LogP contribution in [-0.4, -0.2) is 24.7 Å². The van der Waals surface area contributed by atoms with Crippen molar-refractivity contribution in [3.05, 3.63) is 29.8 Å². The molecule has 1 atom stereocenters. The number of methoxy groups -OCH3 is 1. The number of carbonyl (C=O) groups excluding carboxylic acids is 1. The van der Waals surface area contributed by atoms with Crippen LogP contribution in [0.5, 0.6) is 5.75 Å². The molecule has 0 aliphatic carbocycles. The summed E-state index contributed by atoms with van der Waals surface area (Å²) >= 11 is 0. The van der Waals surface area contributed by atoms with Gasteiger partial charge in [0, 0.05) is 7.11 Å². The first-order valence-electron chi connectivity index (χ1n) is 6.49. The minimum absolute atomic E-state index is 0.0331. The third-order valence-corrected chi connectivity index (χ3v) is 3.13. The average Bonchev–Trinajstić information content (AvgIpc) is 2.36. The Bertz CT molecular complexity index is 412. The van der Waals surface area contributed by atoms with Crippen LogP contribution in [0.2, 0.25) is 0 Å². The van der Waals surface area contributed by atoms with Crippen molar-refractivity contribution in [3.63, 3.8) is 0 Å². The molecule has 0 bridgehead atoms. The van der Waals surface area contributed by atoms with Gasteiger partial charge in [-0.05, 0) is 38.0 Å². The monoisotopic (exact) mass is 265 g/mol. The van der Waals surface area contributed by atoms with Crippen LogP contribution in [-0.2, 0) is 9.53 Å². The zero-order chi connectivity index (χ0) is 14.5. The highest BCUT2D eigenvalue weighted by atomic mass is 16.5. The van der Waals surface area contributed by atoms with Crippen LogP contribution >= 0.6 is 0 Å². The summed E-state index contributed by atoms with van der Waals surface area (Å²) in [5, 5.41) is 12.3. The number of aromatic hydroxyl groups is 1. The molecule has 0 heterocycles. The van der Waals surface area contributed by atoms with Crippen molar-refractivity contribution in [2.45, 2.75) is 33.2 Å². The molecule has 1 rings (SSSR count). The number of ether oxygens (including phenoxy) is 1. The molecule has 4 heteroatoms. The highest BCUT2D eigenvalue weighted by molar-refractivity contribution is 5.82. The molecule has 1 aromatic rings. The van der Waals surface area contributed by atoms with E-state index in [4.69, 9.17) is 4.74 Å². The molecule has 106 valence electrons. The molecule has 0 aliphatic rings. The van der Waals surface area contributed by atoms with Gasteiger partial charge in [-0.3, -0.25) is 4.79 Å². The van der Waals surface area contributed by atoms with Crippen LogP contribution in [0.25, 0.3) is 0 Å². The Balaban J connectivity index is 2.77. The molecular formula is C15H23NO3. The topological polar surface area (TPSA) is 58.6 Å². The highest BCUT2D eigenvalue weighted by Crippen LogP contribution is 2.22. The van der Waals surface area contributed by atoms with Gasteiger partial charge in [0.1, 0.15) is 5.75 Å². The number of phenolic OH excluding ortho intramolecular Hbond substituents is 1. The summed E-state index contributed by atoms with van der Waals surface area (Å²) in [4.78, 5) is 12.2. The quantitative estimate of drug-likeness (QED) is 0.831. The van der Waals surface area contributed by atoms with E-state index in [2.05, 4.69) is 5.32 Å². The minimum atomic E-state index is -0.556. The Labute approximate surface area is 114 Å².